The molecular formula is C26H34N6O4. The Balaban J connectivity index is 1.56. The number of fused-ring (bicyclic) bond motifs is 2. The smallest absolute Gasteiger partial charge is 0.408 e. The molecule has 2 aliphatic rings. The second kappa shape index (κ2) is 10.9. The average Bonchev–Trinajstić information content (AvgIpc) is 3.40. The number of aromatic nitrogens is 1. The topological polar surface area (TPSA) is 103 Å². The number of aryl methyl sites for hydroxylation is 2. The molecule has 1 aliphatic carbocycles. The van der Waals surface area contributed by atoms with E-state index >= 15 is 0 Å². The molecule has 0 spiro atoms. The molecule has 2 amide bonds. The van der Waals surface area contributed by atoms with Crippen LogP contribution in [0.25, 0.3) is 11.1 Å². The Kier molecular flexibility index (Phi) is 7.64. The van der Waals surface area contributed by atoms with Crippen molar-refractivity contribution in [3.05, 3.63) is 63.8 Å². The van der Waals surface area contributed by atoms with E-state index in [1.54, 1.807) is 36.1 Å². The van der Waals surface area contributed by atoms with Gasteiger partial charge in [0.1, 0.15) is 0 Å². The number of oxazole rings is 1. The number of carbonyl (C=O) groups is 2. The Morgan fingerprint density at radius 3 is 2.72 bits per heavy atom. The second-order valence-electron chi connectivity index (χ2n) is 9.09. The van der Waals surface area contributed by atoms with Gasteiger partial charge in [0.05, 0.1) is 25.2 Å². The minimum Gasteiger partial charge on any atom is -0.408 e. The number of amides is 2. The molecule has 0 atom stereocenters. The molecule has 0 unspecified atom stereocenters. The van der Waals surface area contributed by atoms with Crippen LogP contribution in [0.5, 0.6) is 0 Å². The normalized spacial score (nSPS) is 14.5. The molecule has 1 aliphatic heterocycles. The predicted molar refractivity (Wildman–Crippen MR) is 139 cm³/mol. The zero-order valence-corrected chi connectivity index (χ0v) is 21.3. The number of hydrogen-bond acceptors (Lipinski definition) is 7. The minimum absolute atomic E-state index is 0.0000115. The number of carbonyl (C=O) groups excluding carboxylic acids is 2. The van der Waals surface area contributed by atoms with E-state index in [9.17, 15) is 14.4 Å². The summed E-state index contributed by atoms with van der Waals surface area (Å²) in [6, 6.07) is 3.57. The molecule has 0 saturated carbocycles. The molecule has 2 heterocycles. The second-order valence-corrected chi connectivity index (χ2v) is 9.09. The number of nitrogens with zero attached hydrogens (tertiary/aromatic N) is 4. The maximum atomic E-state index is 13.4. The summed E-state index contributed by atoms with van der Waals surface area (Å²) < 4.78 is 6.73. The van der Waals surface area contributed by atoms with Crippen LogP contribution in [0.3, 0.4) is 0 Å². The molecule has 1 aromatic carbocycles. The SMILES string of the molecule is CCNCCNC(=O)CN(CC(=O)N(C)N1C=C2CC=CC=C2C1)c1cc2c(cc1C)oc(=O)n2C. The lowest BCUT2D eigenvalue weighted by Gasteiger charge is -2.32. The van der Waals surface area contributed by atoms with Gasteiger partial charge in [-0.25, -0.2) is 4.79 Å². The zero-order valence-electron chi connectivity index (χ0n) is 21.3. The summed E-state index contributed by atoms with van der Waals surface area (Å²) in [5, 5.41) is 9.58. The lowest BCUT2D eigenvalue weighted by atomic mass is 10.0. The monoisotopic (exact) mass is 494 g/mol. The van der Waals surface area contributed by atoms with Crippen LogP contribution in [0, 0.1) is 6.92 Å². The quantitative estimate of drug-likeness (QED) is 0.482. The first kappa shape index (κ1) is 25.3. The van der Waals surface area contributed by atoms with Crippen molar-refractivity contribution >= 4 is 28.6 Å². The zero-order chi connectivity index (χ0) is 25.8. The molecule has 2 N–H and O–H groups in total. The van der Waals surface area contributed by atoms with Crippen molar-refractivity contribution in [3.63, 3.8) is 0 Å². The third-order valence-electron chi connectivity index (χ3n) is 6.55. The first-order chi connectivity index (χ1) is 17.3. The number of rotatable bonds is 10. The van der Waals surface area contributed by atoms with Gasteiger partial charge in [-0.15, -0.1) is 0 Å². The molecule has 36 heavy (non-hydrogen) atoms. The molecule has 192 valence electrons. The van der Waals surface area contributed by atoms with Crippen molar-refractivity contribution in [2.45, 2.75) is 20.3 Å². The maximum Gasteiger partial charge on any atom is 0.419 e. The van der Waals surface area contributed by atoms with Crippen LogP contribution in [-0.4, -0.2) is 72.7 Å². The standard InChI is InChI=1S/C26H34N6O4/c1-5-27-10-11-28-24(33)16-31(21-13-22-23(12-18(21)2)36-26(35)29(22)3)17-25(34)30(4)32-14-19-8-6-7-9-20(19)15-32/h6-8,12-13,15,27H,5,9-11,14,16-17H2,1-4H3,(H,28,33). The van der Waals surface area contributed by atoms with Gasteiger partial charge in [-0.2, -0.15) is 0 Å². The minimum atomic E-state index is -0.461. The highest BCUT2D eigenvalue weighted by atomic mass is 16.4. The lowest BCUT2D eigenvalue weighted by Crippen LogP contribution is -2.48. The van der Waals surface area contributed by atoms with Gasteiger partial charge >= 0.3 is 5.76 Å². The van der Waals surface area contributed by atoms with Crippen molar-refractivity contribution < 1.29 is 14.0 Å². The Bertz CT molecular complexity index is 1300. The summed E-state index contributed by atoms with van der Waals surface area (Å²) >= 11 is 0. The number of nitrogens with one attached hydrogen (secondary N) is 2. The predicted octanol–water partition coefficient (Wildman–Crippen LogP) is 1.43. The van der Waals surface area contributed by atoms with Crippen molar-refractivity contribution in [1.82, 2.24) is 25.2 Å². The number of anilines is 1. The van der Waals surface area contributed by atoms with E-state index in [-0.39, 0.29) is 24.9 Å². The summed E-state index contributed by atoms with van der Waals surface area (Å²) in [6.07, 6.45) is 9.07. The van der Waals surface area contributed by atoms with Gasteiger partial charge in [0.2, 0.25) is 5.91 Å². The molecule has 2 aromatic rings. The Morgan fingerprint density at radius 1 is 1.17 bits per heavy atom. The summed E-state index contributed by atoms with van der Waals surface area (Å²) in [5.74, 6) is -0.799. The summed E-state index contributed by atoms with van der Waals surface area (Å²) in [7, 11) is 3.38. The molecule has 4 rings (SSSR count). The highest BCUT2D eigenvalue weighted by molar-refractivity contribution is 5.89. The molecule has 10 nitrogen and oxygen atoms in total. The van der Waals surface area contributed by atoms with Crippen molar-refractivity contribution in [2.24, 2.45) is 7.05 Å². The first-order valence-electron chi connectivity index (χ1n) is 12.2. The highest BCUT2D eigenvalue weighted by Crippen LogP contribution is 2.29. The fourth-order valence-electron chi connectivity index (χ4n) is 4.44. The summed E-state index contributed by atoms with van der Waals surface area (Å²) in [6.45, 7) is 6.49. The molecule has 0 bridgehead atoms. The van der Waals surface area contributed by atoms with Crippen LogP contribution < -0.4 is 21.3 Å². The lowest BCUT2D eigenvalue weighted by molar-refractivity contribution is -0.139. The van der Waals surface area contributed by atoms with Gasteiger partial charge < -0.3 is 20.0 Å². The van der Waals surface area contributed by atoms with Crippen LogP contribution in [0.4, 0.5) is 5.69 Å². The first-order valence-corrected chi connectivity index (χ1v) is 12.2. The van der Waals surface area contributed by atoms with E-state index in [4.69, 9.17) is 4.42 Å². The molecule has 0 saturated heterocycles. The van der Waals surface area contributed by atoms with E-state index in [0.717, 1.165) is 18.5 Å². The molecule has 0 radical (unpaired) electrons. The van der Waals surface area contributed by atoms with Gasteiger partial charge in [-0.05, 0) is 48.7 Å². The third-order valence-corrected chi connectivity index (χ3v) is 6.55. The van der Waals surface area contributed by atoms with E-state index in [1.165, 1.54) is 15.7 Å². The van der Waals surface area contributed by atoms with E-state index in [2.05, 4.69) is 22.8 Å². The molecule has 10 heteroatoms. The van der Waals surface area contributed by atoms with Crippen molar-refractivity contribution in [1.29, 1.82) is 0 Å². The summed E-state index contributed by atoms with van der Waals surface area (Å²) in [5.41, 5.74) is 4.98. The third kappa shape index (κ3) is 5.38. The van der Waals surface area contributed by atoms with Crippen LogP contribution >= 0.6 is 0 Å². The molecule has 1 aromatic heterocycles. The molecular weight excluding hydrogens is 460 g/mol. The van der Waals surface area contributed by atoms with Gasteiger partial charge in [-0.1, -0.05) is 25.2 Å². The van der Waals surface area contributed by atoms with Crippen LogP contribution in [0.15, 0.2) is 56.9 Å². The number of likely N-dealkylation sites (N-methyl/N-ethyl adjacent to an activating group) is 2. The Morgan fingerprint density at radius 2 is 1.97 bits per heavy atom. The number of hydrazine groups is 1. The number of benzene rings is 1. The van der Waals surface area contributed by atoms with Crippen LogP contribution in [0.1, 0.15) is 18.9 Å². The highest BCUT2D eigenvalue weighted by Gasteiger charge is 2.26. The fourth-order valence-corrected chi connectivity index (χ4v) is 4.44. The van der Waals surface area contributed by atoms with E-state index in [1.807, 2.05) is 31.1 Å². The van der Waals surface area contributed by atoms with Gasteiger partial charge in [0.25, 0.3) is 5.91 Å². The van der Waals surface area contributed by atoms with Crippen LogP contribution in [0.2, 0.25) is 0 Å². The number of hydrogen-bond donors (Lipinski definition) is 2. The molecule has 0 fully saturated rings. The van der Waals surface area contributed by atoms with E-state index < -0.39 is 5.76 Å². The number of allylic oxidation sites excluding steroid dienone is 3. The van der Waals surface area contributed by atoms with Crippen molar-refractivity contribution in [2.75, 3.05) is 51.2 Å². The maximum absolute atomic E-state index is 13.4. The van der Waals surface area contributed by atoms with Crippen molar-refractivity contribution in [3.8, 4) is 0 Å². The van der Waals surface area contributed by atoms with Gasteiger partial charge in [-0.3, -0.25) is 24.2 Å². The van der Waals surface area contributed by atoms with Gasteiger partial charge in [0.15, 0.2) is 5.58 Å². The summed E-state index contributed by atoms with van der Waals surface area (Å²) in [4.78, 5) is 40.0. The average molecular weight is 495 g/mol. The van der Waals surface area contributed by atoms with Crippen LogP contribution in [-0.2, 0) is 16.6 Å². The Hall–Kier alpha value is -3.79. The largest absolute Gasteiger partial charge is 0.419 e. The van der Waals surface area contributed by atoms with Gasteiger partial charge in [0, 0.05) is 39.1 Å². The Labute approximate surface area is 210 Å². The fraction of sp³-hybridized carbons (Fsp3) is 0.423. The van der Waals surface area contributed by atoms with E-state index in [0.29, 0.717) is 36.4 Å².